The van der Waals surface area contributed by atoms with E-state index in [-0.39, 0.29) is 19.8 Å². The molecule has 1 aliphatic carbocycles. The van der Waals surface area contributed by atoms with Gasteiger partial charge in [-0.15, -0.1) is 11.6 Å². The maximum absolute atomic E-state index is 5.00. The quantitative estimate of drug-likeness (QED) is 0.500. The molecule has 158 valence electrons. The summed E-state index contributed by atoms with van der Waals surface area (Å²) >= 11 is 5.00. The Labute approximate surface area is 189 Å². The highest BCUT2D eigenvalue weighted by Crippen LogP contribution is 2.29. The lowest BCUT2D eigenvalue weighted by molar-refractivity contribution is -0.00000674. The SMILES string of the molecule is C.C1=C[CH+]C(=C(c2ccccc2)c2ccccc2)C=C1.CCCl.CCOCC.[Cl-]. The molecule has 0 aromatic heterocycles. The number of halogens is 2. The fourth-order valence-electron chi connectivity index (χ4n) is 2.52. The van der Waals surface area contributed by atoms with Crippen LogP contribution in [0.3, 0.4) is 0 Å². The lowest BCUT2D eigenvalue weighted by Crippen LogP contribution is -3.00. The van der Waals surface area contributed by atoms with E-state index in [2.05, 4.69) is 91.4 Å². The summed E-state index contributed by atoms with van der Waals surface area (Å²) in [5.74, 6) is 0.722. The first-order valence-corrected chi connectivity index (χ1v) is 9.98. The van der Waals surface area contributed by atoms with Gasteiger partial charge in [0.2, 0.25) is 0 Å². The van der Waals surface area contributed by atoms with E-state index in [0.717, 1.165) is 19.1 Å². The van der Waals surface area contributed by atoms with Gasteiger partial charge in [0.25, 0.3) is 0 Å². The van der Waals surface area contributed by atoms with Crippen molar-refractivity contribution in [2.45, 2.75) is 28.2 Å². The molecule has 0 spiro atoms. The highest BCUT2D eigenvalue weighted by Gasteiger charge is 2.16. The number of allylic oxidation sites excluding steroid dienone is 5. The van der Waals surface area contributed by atoms with Gasteiger partial charge in [0.1, 0.15) is 5.57 Å². The van der Waals surface area contributed by atoms with E-state index in [4.69, 9.17) is 16.3 Å². The molecular weight excluding hydrogens is 399 g/mol. The van der Waals surface area contributed by atoms with Gasteiger partial charge in [-0.1, -0.05) is 50.7 Å². The van der Waals surface area contributed by atoms with Crippen LogP contribution < -0.4 is 12.4 Å². The van der Waals surface area contributed by atoms with Crippen LogP contribution in [0, 0.1) is 6.42 Å². The van der Waals surface area contributed by atoms with Crippen LogP contribution in [-0.4, -0.2) is 19.1 Å². The van der Waals surface area contributed by atoms with Gasteiger partial charge >= 0.3 is 0 Å². The van der Waals surface area contributed by atoms with E-state index in [1.165, 1.54) is 22.3 Å². The highest BCUT2D eigenvalue weighted by atomic mass is 35.5. The molecule has 1 aliphatic rings. The average molecular weight is 433 g/mol. The largest absolute Gasteiger partial charge is 1.00 e. The number of rotatable bonds is 4. The zero-order valence-electron chi connectivity index (χ0n) is 16.9. The number of alkyl halides is 1. The molecule has 0 aliphatic heterocycles. The summed E-state index contributed by atoms with van der Waals surface area (Å²) in [4.78, 5) is 0. The Hall–Kier alpha value is -1.93. The second kappa shape index (κ2) is 19.4. The second-order valence-corrected chi connectivity index (χ2v) is 6.06. The third kappa shape index (κ3) is 11.6. The molecule has 0 bridgehead atoms. The van der Waals surface area contributed by atoms with E-state index in [9.17, 15) is 0 Å². The van der Waals surface area contributed by atoms with Crippen LogP contribution in [0.15, 0.2) is 90.5 Å². The molecule has 0 fully saturated rings. The third-order valence-corrected chi connectivity index (χ3v) is 3.60. The van der Waals surface area contributed by atoms with E-state index in [0.29, 0.717) is 0 Å². The fraction of sp³-hybridized carbons (Fsp3) is 0.269. The van der Waals surface area contributed by atoms with Crippen molar-refractivity contribution >= 4 is 17.2 Å². The fourth-order valence-corrected chi connectivity index (χ4v) is 2.52. The van der Waals surface area contributed by atoms with Crippen molar-refractivity contribution in [1.82, 2.24) is 0 Å². The van der Waals surface area contributed by atoms with E-state index < -0.39 is 0 Å². The Morgan fingerprint density at radius 2 is 1.28 bits per heavy atom. The molecule has 0 amide bonds. The van der Waals surface area contributed by atoms with Gasteiger partial charge in [-0.25, -0.2) is 0 Å². The Balaban J connectivity index is 0. The molecule has 0 saturated heterocycles. The van der Waals surface area contributed by atoms with Crippen molar-refractivity contribution in [2.24, 2.45) is 0 Å². The predicted octanol–water partition coefficient (Wildman–Crippen LogP) is 4.75. The zero-order valence-corrected chi connectivity index (χ0v) is 18.5. The minimum absolute atomic E-state index is 0. The van der Waals surface area contributed by atoms with Crippen LogP contribution in [-0.2, 0) is 4.74 Å². The molecule has 2 aromatic rings. The number of hydrogen-bond acceptors (Lipinski definition) is 1. The maximum Gasteiger partial charge on any atom is 0.105 e. The smallest absolute Gasteiger partial charge is 0.105 e. The summed E-state index contributed by atoms with van der Waals surface area (Å²) in [6, 6.07) is 21.1. The summed E-state index contributed by atoms with van der Waals surface area (Å²) in [5.41, 5.74) is 5.03. The van der Waals surface area contributed by atoms with Gasteiger partial charge in [0.05, 0.1) is 5.57 Å². The molecule has 29 heavy (non-hydrogen) atoms. The first-order valence-electron chi connectivity index (χ1n) is 9.45. The Bertz CT molecular complexity index is 661. The summed E-state index contributed by atoms with van der Waals surface area (Å²) in [5, 5.41) is 0. The van der Waals surface area contributed by atoms with Crippen LogP contribution in [0.5, 0.6) is 0 Å². The maximum atomic E-state index is 5.00. The minimum atomic E-state index is 0. The first kappa shape index (κ1) is 29.3. The molecular formula is C26H34Cl2O. The second-order valence-electron chi connectivity index (χ2n) is 5.52. The average Bonchev–Trinajstić information content (AvgIpc) is 2.72. The van der Waals surface area contributed by atoms with Crippen LogP contribution in [0.4, 0.5) is 0 Å². The first-order chi connectivity index (χ1) is 13.3. The normalized spacial score (nSPS) is 10.7. The molecule has 0 unspecified atom stereocenters. The Morgan fingerprint density at radius 3 is 1.59 bits per heavy atom. The standard InChI is InChI=1S/C19H15.C4H10O.C2H5Cl.CH4.ClH/c1-4-10-16(11-5-1)19(17-12-6-2-7-13-17)18-14-8-3-9-15-18;1-3-5-4-2;1-2-3;;/h1-15H;3-4H2,1-2H3;2H2,1H3;1H4;1H/q+1;;;;/p-1. The van der Waals surface area contributed by atoms with Gasteiger partial charge in [0.15, 0.2) is 0 Å². The van der Waals surface area contributed by atoms with Crippen molar-refractivity contribution in [2.75, 3.05) is 19.1 Å². The summed E-state index contributed by atoms with van der Waals surface area (Å²) in [6.07, 6.45) is 10.5. The lowest BCUT2D eigenvalue weighted by atomic mass is 9.90. The number of ether oxygens (including phenoxy) is 1. The summed E-state index contributed by atoms with van der Waals surface area (Å²) in [6.45, 7) is 7.56. The lowest BCUT2D eigenvalue weighted by Gasteiger charge is -2.08. The molecule has 3 rings (SSSR count). The Morgan fingerprint density at radius 1 is 0.828 bits per heavy atom. The summed E-state index contributed by atoms with van der Waals surface area (Å²) in [7, 11) is 0. The van der Waals surface area contributed by atoms with Crippen molar-refractivity contribution < 1.29 is 17.1 Å². The molecule has 3 heteroatoms. The van der Waals surface area contributed by atoms with E-state index in [1.54, 1.807) is 0 Å². The van der Waals surface area contributed by atoms with Crippen molar-refractivity contribution in [1.29, 1.82) is 0 Å². The minimum Gasteiger partial charge on any atom is -1.00 e. The summed E-state index contributed by atoms with van der Waals surface area (Å²) < 4.78 is 4.83. The monoisotopic (exact) mass is 432 g/mol. The topological polar surface area (TPSA) is 9.23 Å². The van der Waals surface area contributed by atoms with Crippen LogP contribution in [0.2, 0.25) is 0 Å². The van der Waals surface area contributed by atoms with Crippen LogP contribution in [0.1, 0.15) is 39.3 Å². The highest BCUT2D eigenvalue weighted by molar-refractivity contribution is 6.17. The van der Waals surface area contributed by atoms with E-state index in [1.807, 2.05) is 20.8 Å². The molecule has 2 aromatic carbocycles. The molecule has 0 heterocycles. The van der Waals surface area contributed by atoms with Crippen molar-refractivity contribution in [3.05, 3.63) is 108 Å². The van der Waals surface area contributed by atoms with Gasteiger partial charge < -0.3 is 17.1 Å². The van der Waals surface area contributed by atoms with Gasteiger partial charge in [-0.3, -0.25) is 0 Å². The molecule has 0 atom stereocenters. The predicted molar refractivity (Wildman–Crippen MR) is 127 cm³/mol. The number of benzene rings is 2. The van der Waals surface area contributed by atoms with Gasteiger partial charge in [-0.05, 0) is 38.1 Å². The Kier molecular flexibility index (Phi) is 19.6. The third-order valence-electron chi connectivity index (χ3n) is 3.60. The molecule has 0 saturated carbocycles. The van der Waals surface area contributed by atoms with Crippen LogP contribution in [0.25, 0.3) is 5.57 Å². The van der Waals surface area contributed by atoms with Gasteiger partial charge in [-0.2, -0.15) is 0 Å². The zero-order chi connectivity index (χ0) is 19.7. The van der Waals surface area contributed by atoms with Gasteiger partial charge in [0, 0.05) is 60.9 Å². The van der Waals surface area contributed by atoms with Crippen molar-refractivity contribution in [3.63, 3.8) is 0 Å². The van der Waals surface area contributed by atoms with E-state index >= 15 is 0 Å². The molecule has 0 radical (unpaired) electrons. The molecule has 1 nitrogen and oxygen atoms in total. The van der Waals surface area contributed by atoms with Crippen LogP contribution >= 0.6 is 11.6 Å². The number of hydrogen-bond donors (Lipinski definition) is 0. The molecule has 0 N–H and O–H groups in total. The van der Waals surface area contributed by atoms with Crippen molar-refractivity contribution in [3.8, 4) is 0 Å².